The Kier molecular flexibility index (Phi) is 3.56. The monoisotopic (exact) mass is 338 g/mol. The summed E-state index contributed by atoms with van der Waals surface area (Å²) in [7, 11) is 1.33. The lowest BCUT2D eigenvalue weighted by Crippen LogP contribution is -2.24. The average Bonchev–Trinajstić information content (AvgIpc) is 3.23. The minimum Gasteiger partial charge on any atom is -0.464 e. The van der Waals surface area contributed by atoms with Crippen LogP contribution in [0.25, 0.3) is 10.9 Å². The van der Waals surface area contributed by atoms with Crippen molar-refractivity contribution in [2.24, 2.45) is 0 Å². The molecule has 1 aliphatic heterocycles. The summed E-state index contributed by atoms with van der Waals surface area (Å²) >= 11 is 0. The zero-order valence-corrected chi connectivity index (χ0v) is 14.0. The zero-order valence-electron chi connectivity index (χ0n) is 14.0. The van der Waals surface area contributed by atoms with E-state index in [0.717, 1.165) is 23.0 Å². The van der Waals surface area contributed by atoms with Crippen LogP contribution in [0.15, 0.2) is 30.5 Å². The number of rotatable bonds is 3. The quantitative estimate of drug-likeness (QED) is 0.719. The molecule has 1 aliphatic rings. The average molecular weight is 338 g/mol. The highest BCUT2D eigenvalue weighted by Crippen LogP contribution is 2.41. The molecule has 1 aromatic carbocycles. The van der Waals surface area contributed by atoms with Gasteiger partial charge in [0.15, 0.2) is 5.82 Å². The van der Waals surface area contributed by atoms with Crippen molar-refractivity contribution in [2.75, 3.05) is 12.4 Å². The molecule has 1 atom stereocenters. The van der Waals surface area contributed by atoms with Crippen LogP contribution in [0, 0.1) is 0 Å². The Morgan fingerprint density at radius 3 is 3.00 bits per heavy atom. The van der Waals surface area contributed by atoms with Gasteiger partial charge in [-0.15, -0.1) is 0 Å². The van der Waals surface area contributed by atoms with Crippen molar-refractivity contribution in [3.63, 3.8) is 0 Å². The number of fused-ring (bicyclic) bond motifs is 2. The van der Waals surface area contributed by atoms with Crippen molar-refractivity contribution in [2.45, 2.75) is 25.8 Å². The lowest BCUT2D eigenvalue weighted by molar-refractivity contribution is -0.116. The number of anilines is 1. The van der Waals surface area contributed by atoms with Crippen LogP contribution in [-0.2, 0) is 16.1 Å². The fraction of sp³-hybridized carbons (Fsp3) is 0.278. The Balaban J connectivity index is 1.93. The first-order chi connectivity index (χ1) is 12.1. The number of carbonyl (C=O) groups excluding carboxylic acids is 2. The van der Waals surface area contributed by atoms with E-state index in [1.54, 1.807) is 0 Å². The van der Waals surface area contributed by atoms with Crippen LogP contribution in [0.1, 0.15) is 40.9 Å². The number of hydrogen-bond acceptors (Lipinski definition) is 4. The molecule has 1 amide bonds. The van der Waals surface area contributed by atoms with Crippen LogP contribution in [0.5, 0.6) is 0 Å². The summed E-state index contributed by atoms with van der Waals surface area (Å²) in [6.45, 7) is 2.95. The summed E-state index contributed by atoms with van der Waals surface area (Å²) in [5, 5.41) is 10.6. The van der Waals surface area contributed by atoms with Gasteiger partial charge in [0.2, 0.25) is 5.91 Å². The molecule has 2 N–H and O–H groups in total. The normalized spacial score (nSPS) is 16.6. The molecule has 0 spiro atoms. The van der Waals surface area contributed by atoms with E-state index < -0.39 is 5.97 Å². The number of H-pyrrole nitrogens is 1. The lowest BCUT2D eigenvalue weighted by atomic mass is 9.84. The number of benzene rings is 1. The third kappa shape index (κ3) is 2.31. The summed E-state index contributed by atoms with van der Waals surface area (Å²) in [6, 6.07) is 8.10. The van der Waals surface area contributed by atoms with Crippen LogP contribution in [0.2, 0.25) is 0 Å². The van der Waals surface area contributed by atoms with E-state index in [1.807, 2.05) is 18.3 Å². The summed E-state index contributed by atoms with van der Waals surface area (Å²) < 4.78 is 7.01. The predicted octanol–water partition coefficient (Wildman–Crippen LogP) is 2.65. The van der Waals surface area contributed by atoms with Gasteiger partial charge in [0.05, 0.1) is 7.11 Å². The minimum absolute atomic E-state index is 0.118. The number of carbonyl (C=O) groups is 2. The van der Waals surface area contributed by atoms with Gasteiger partial charge in [-0.2, -0.15) is 5.10 Å². The largest absolute Gasteiger partial charge is 0.464 e. The van der Waals surface area contributed by atoms with Crippen molar-refractivity contribution in [3.05, 3.63) is 47.3 Å². The van der Waals surface area contributed by atoms with Crippen molar-refractivity contribution < 1.29 is 14.3 Å². The Hall–Kier alpha value is -3.09. The van der Waals surface area contributed by atoms with Gasteiger partial charge < -0.3 is 14.6 Å². The molecule has 3 aromatic rings. The van der Waals surface area contributed by atoms with Gasteiger partial charge in [-0.3, -0.25) is 9.89 Å². The smallest absolute Gasteiger partial charge is 0.356 e. The number of aromatic amines is 1. The van der Waals surface area contributed by atoms with Crippen LogP contribution in [0.3, 0.4) is 0 Å². The van der Waals surface area contributed by atoms with Gasteiger partial charge in [-0.25, -0.2) is 4.79 Å². The van der Waals surface area contributed by atoms with E-state index in [9.17, 15) is 9.59 Å². The topological polar surface area (TPSA) is 89.0 Å². The van der Waals surface area contributed by atoms with E-state index in [4.69, 9.17) is 4.74 Å². The second kappa shape index (κ2) is 5.77. The molecule has 0 aliphatic carbocycles. The highest BCUT2D eigenvalue weighted by Gasteiger charge is 2.34. The van der Waals surface area contributed by atoms with E-state index in [2.05, 4.69) is 39.1 Å². The Labute approximate surface area is 144 Å². The molecular weight excluding hydrogens is 320 g/mol. The third-order valence-corrected chi connectivity index (χ3v) is 4.75. The number of esters is 1. The third-order valence-electron chi connectivity index (χ3n) is 4.75. The Bertz CT molecular complexity index is 986. The van der Waals surface area contributed by atoms with E-state index >= 15 is 0 Å². The van der Waals surface area contributed by atoms with Gasteiger partial charge in [0, 0.05) is 41.5 Å². The second-order valence-corrected chi connectivity index (χ2v) is 6.04. The number of nitrogens with one attached hydrogen (secondary N) is 2. The number of aromatic nitrogens is 3. The van der Waals surface area contributed by atoms with E-state index in [-0.39, 0.29) is 23.9 Å². The first kappa shape index (κ1) is 15.4. The number of nitrogens with zero attached hydrogens (tertiary/aromatic N) is 2. The van der Waals surface area contributed by atoms with Crippen molar-refractivity contribution in [1.29, 1.82) is 0 Å². The maximum absolute atomic E-state index is 12.2. The van der Waals surface area contributed by atoms with Crippen molar-refractivity contribution >= 4 is 28.6 Å². The zero-order chi connectivity index (χ0) is 17.6. The van der Waals surface area contributed by atoms with Crippen LogP contribution in [0.4, 0.5) is 5.82 Å². The first-order valence-electron chi connectivity index (χ1n) is 8.18. The molecule has 25 heavy (non-hydrogen) atoms. The van der Waals surface area contributed by atoms with Crippen LogP contribution >= 0.6 is 0 Å². The second-order valence-electron chi connectivity index (χ2n) is 6.04. The summed E-state index contributed by atoms with van der Waals surface area (Å²) in [6.07, 6.45) is 2.29. The molecule has 0 bridgehead atoms. The summed E-state index contributed by atoms with van der Waals surface area (Å²) in [5.41, 5.74) is 3.08. The van der Waals surface area contributed by atoms with Crippen molar-refractivity contribution in [1.82, 2.24) is 14.8 Å². The highest BCUT2D eigenvalue weighted by atomic mass is 16.5. The molecule has 3 heterocycles. The fourth-order valence-corrected chi connectivity index (χ4v) is 3.61. The minimum atomic E-state index is -0.492. The molecule has 7 heteroatoms. The standard InChI is InChI=1S/C18H18N4O3/c1-3-22-8-7-11-10(5-4-6-13(11)22)12-9-14(23)19-17-15(12)16(20-21-17)18(24)25-2/h4-8,12H,3,9H2,1-2H3,(H2,19,20,21,23). The molecule has 0 saturated carbocycles. The maximum atomic E-state index is 12.2. The molecule has 4 rings (SSSR count). The number of ether oxygens (including phenoxy) is 1. The maximum Gasteiger partial charge on any atom is 0.356 e. The molecule has 0 saturated heterocycles. The molecular formula is C18H18N4O3. The van der Waals surface area contributed by atoms with Gasteiger partial charge in [-0.05, 0) is 24.6 Å². The molecule has 0 fully saturated rings. The van der Waals surface area contributed by atoms with E-state index in [0.29, 0.717) is 11.4 Å². The number of amides is 1. The van der Waals surface area contributed by atoms with Crippen LogP contribution in [-0.4, -0.2) is 33.8 Å². The Morgan fingerprint density at radius 2 is 2.24 bits per heavy atom. The Morgan fingerprint density at radius 1 is 1.40 bits per heavy atom. The van der Waals surface area contributed by atoms with Crippen LogP contribution < -0.4 is 5.32 Å². The van der Waals surface area contributed by atoms with Gasteiger partial charge >= 0.3 is 5.97 Å². The number of hydrogen-bond donors (Lipinski definition) is 2. The van der Waals surface area contributed by atoms with Gasteiger partial charge in [-0.1, -0.05) is 12.1 Å². The number of aryl methyl sites for hydroxylation is 1. The molecule has 0 radical (unpaired) electrons. The van der Waals surface area contributed by atoms with Crippen molar-refractivity contribution in [3.8, 4) is 0 Å². The summed E-state index contributed by atoms with van der Waals surface area (Å²) in [5.74, 6) is -0.470. The van der Waals surface area contributed by atoms with Gasteiger partial charge in [0.25, 0.3) is 0 Å². The predicted molar refractivity (Wildman–Crippen MR) is 92.6 cm³/mol. The molecule has 2 aromatic heterocycles. The summed E-state index contributed by atoms with van der Waals surface area (Å²) in [4.78, 5) is 24.3. The number of methoxy groups -OCH3 is 1. The highest BCUT2D eigenvalue weighted by molar-refractivity contribution is 6.00. The lowest BCUT2D eigenvalue weighted by Gasteiger charge is -2.23. The fourth-order valence-electron chi connectivity index (χ4n) is 3.61. The first-order valence-corrected chi connectivity index (χ1v) is 8.18. The van der Waals surface area contributed by atoms with Gasteiger partial charge in [0.1, 0.15) is 5.69 Å². The molecule has 128 valence electrons. The molecule has 1 unspecified atom stereocenters. The SMILES string of the molecule is CCn1ccc2c(C3CC(=O)Nc4n[nH]c(C(=O)OC)c43)cccc21. The van der Waals surface area contributed by atoms with E-state index in [1.165, 1.54) is 7.11 Å². The molecule has 7 nitrogen and oxygen atoms in total.